The van der Waals surface area contributed by atoms with Crippen molar-refractivity contribution in [3.8, 4) is 0 Å². The standard InChI is InChI=1S/C12H11ClN2/c1-9(7-13)6-10-8-14-11-4-2-3-5-12(11)15-10/h2-6,8H,7H2,1H3. The zero-order chi connectivity index (χ0) is 10.7. The summed E-state index contributed by atoms with van der Waals surface area (Å²) in [6.45, 7) is 1.98. The van der Waals surface area contributed by atoms with Gasteiger partial charge in [0, 0.05) is 5.88 Å². The summed E-state index contributed by atoms with van der Waals surface area (Å²) in [5, 5.41) is 0. The van der Waals surface area contributed by atoms with E-state index in [2.05, 4.69) is 9.97 Å². The van der Waals surface area contributed by atoms with Crippen molar-refractivity contribution in [1.29, 1.82) is 0 Å². The second-order valence-corrected chi connectivity index (χ2v) is 3.68. The highest BCUT2D eigenvalue weighted by Crippen LogP contribution is 2.11. The first-order chi connectivity index (χ1) is 7.29. The molecule has 0 aliphatic carbocycles. The highest BCUT2D eigenvalue weighted by atomic mass is 35.5. The average Bonchev–Trinajstić information content (AvgIpc) is 2.29. The lowest BCUT2D eigenvalue weighted by Gasteiger charge is -1.98. The third kappa shape index (κ3) is 2.34. The number of halogens is 1. The molecule has 0 saturated heterocycles. The van der Waals surface area contributed by atoms with E-state index in [4.69, 9.17) is 11.6 Å². The highest BCUT2D eigenvalue weighted by molar-refractivity contribution is 6.19. The number of aromatic nitrogens is 2. The van der Waals surface area contributed by atoms with Gasteiger partial charge in [0.1, 0.15) is 0 Å². The molecule has 0 bridgehead atoms. The van der Waals surface area contributed by atoms with Gasteiger partial charge in [0.05, 0.1) is 22.9 Å². The minimum Gasteiger partial charge on any atom is -0.252 e. The second kappa shape index (κ2) is 4.41. The van der Waals surface area contributed by atoms with Crippen LogP contribution in [0.25, 0.3) is 17.1 Å². The quantitative estimate of drug-likeness (QED) is 0.723. The average molecular weight is 219 g/mol. The van der Waals surface area contributed by atoms with Crippen LogP contribution in [0, 0.1) is 0 Å². The van der Waals surface area contributed by atoms with Crippen LogP contribution in [-0.2, 0) is 0 Å². The van der Waals surface area contributed by atoms with Gasteiger partial charge in [-0.1, -0.05) is 17.7 Å². The van der Waals surface area contributed by atoms with E-state index in [0.717, 1.165) is 22.3 Å². The molecule has 0 amide bonds. The predicted molar refractivity (Wildman–Crippen MR) is 63.9 cm³/mol. The van der Waals surface area contributed by atoms with Gasteiger partial charge in [-0.05, 0) is 25.1 Å². The zero-order valence-electron chi connectivity index (χ0n) is 8.44. The van der Waals surface area contributed by atoms with Crippen molar-refractivity contribution in [2.75, 3.05) is 5.88 Å². The fourth-order valence-corrected chi connectivity index (χ4v) is 1.41. The van der Waals surface area contributed by atoms with Crippen molar-refractivity contribution in [2.45, 2.75) is 6.92 Å². The first-order valence-corrected chi connectivity index (χ1v) is 5.28. The molecule has 0 spiro atoms. The van der Waals surface area contributed by atoms with Gasteiger partial charge in [-0.15, -0.1) is 11.6 Å². The first-order valence-electron chi connectivity index (χ1n) is 4.74. The van der Waals surface area contributed by atoms with E-state index in [1.807, 2.05) is 37.3 Å². The molecule has 1 aromatic heterocycles. The molecule has 0 saturated carbocycles. The number of rotatable bonds is 2. The van der Waals surface area contributed by atoms with Crippen LogP contribution < -0.4 is 0 Å². The van der Waals surface area contributed by atoms with Crippen LogP contribution in [0.3, 0.4) is 0 Å². The Morgan fingerprint density at radius 2 is 2.07 bits per heavy atom. The molecule has 2 nitrogen and oxygen atoms in total. The Hall–Kier alpha value is -1.41. The van der Waals surface area contributed by atoms with Crippen LogP contribution in [-0.4, -0.2) is 15.8 Å². The summed E-state index contributed by atoms with van der Waals surface area (Å²) in [6.07, 6.45) is 3.71. The molecule has 15 heavy (non-hydrogen) atoms. The third-order valence-corrected chi connectivity index (χ3v) is 2.49. The molecule has 3 heteroatoms. The maximum Gasteiger partial charge on any atom is 0.0894 e. The molecule has 0 fully saturated rings. The van der Waals surface area contributed by atoms with E-state index in [1.165, 1.54) is 0 Å². The number of para-hydroxylation sites is 2. The van der Waals surface area contributed by atoms with E-state index in [-0.39, 0.29) is 0 Å². The Morgan fingerprint density at radius 3 is 2.80 bits per heavy atom. The summed E-state index contributed by atoms with van der Waals surface area (Å²) in [7, 11) is 0. The first kappa shape index (κ1) is 10.1. The number of allylic oxidation sites excluding steroid dienone is 1. The van der Waals surface area contributed by atoms with Crippen LogP contribution in [0.5, 0.6) is 0 Å². The van der Waals surface area contributed by atoms with Gasteiger partial charge in [-0.25, -0.2) is 4.98 Å². The maximum atomic E-state index is 5.70. The van der Waals surface area contributed by atoms with Crippen molar-refractivity contribution < 1.29 is 0 Å². The zero-order valence-corrected chi connectivity index (χ0v) is 9.20. The third-order valence-electron chi connectivity index (χ3n) is 2.07. The van der Waals surface area contributed by atoms with Gasteiger partial charge in [0.15, 0.2) is 0 Å². The molecule has 2 aromatic rings. The van der Waals surface area contributed by atoms with Gasteiger partial charge < -0.3 is 0 Å². The number of benzene rings is 1. The minimum absolute atomic E-state index is 0.522. The lowest BCUT2D eigenvalue weighted by molar-refractivity contribution is 1.25. The number of nitrogens with zero attached hydrogens (tertiary/aromatic N) is 2. The molecule has 76 valence electrons. The largest absolute Gasteiger partial charge is 0.252 e. The number of fused-ring (bicyclic) bond motifs is 1. The Kier molecular flexibility index (Phi) is 2.97. The van der Waals surface area contributed by atoms with E-state index >= 15 is 0 Å². The maximum absolute atomic E-state index is 5.70. The Bertz CT molecular complexity index is 506. The molecular formula is C12H11ClN2. The fourth-order valence-electron chi connectivity index (χ4n) is 1.33. The molecule has 0 aliphatic rings. The van der Waals surface area contributed by atoms with Gasteiger partial charge in [-0.3, -0.25) is 4.98 Å². The van der Waals surface area contributed by atoms with Gasteiger partial charge in [0.25, 0.3) is 0 Å². The number of hydrogen-bond donors (Lipinski definition) is 0. The normalized spacial score (nSPS) is 12.0. The van der Waals surface area contributed by atoms with Crippen LogP contribution in [0.15, 0.2) is 36.0 Å². The molecule has 2 rings (SSSR count). The van der Waals surface area contributed by atoms with Gasteiger partial charge >= 0.3 is 0 Å². The summed E-state index contributed by atoms with van der Waals surface area (Å²) < 4.78 is 0. The summed E-state index contributed by atoms with van der Waals surface area (Å²) in [5.41, 5.74) is 3.76. The Morgan fingerprint density at radius 1 is 1.33 bits per heavy atom. The van der Waals surface area contributed by atoms with Crippen molar-refractivity contribution in [1.82, 2.24) is 9.97 Å². The van der Waals surface area contributed by atoms with E-state index in [1.54, 1.807) is 6.20 Å². The van der Waals surface area contributed by atoms with Crippen molar-refractivity contribution in [3.05, 3.63) is 41.7 Å². The fraction of sp³-hybridized carbons (Fsp3) is 0.167. The molecular weight excluding hydrogens is 208 g/mol. The Labute approximate surface area is 93.6 Å². The monoisotopic (exact) mass is 218 g/mol. The summed E-state index contributed by atoms with van der Waals surface area (Å²) in [6, 6.07) is 7.81. The number of hydrogen-bond acceptors (Lipinski definition) is 2. The predicted octanol–water partition coefficient (Wildman–Crippen LogP) is 3.27. The van der Waals surface area contributed by atoms with E-state index < -0.39 is 0 Å². The molecule has 0 atom stereocenters. The van der Waals surface area contributed by atoms with Crippen LogP contribution in [0.4, 0.5) is 0 Å². The summed E-state index contributed by atoms with van der Waals surface area (Å²) in [4.78, 5) is 8.78. The molecule has 1 heterocycles. The minimum atomic E-state index is 0.522. The molecule has 1 aromatic carbocycles. The SMILES string of the molecule is CC(=Cc1cnc2ccccc2n1)CCl. The molecule has 0 N–H and O–H groups in total. The van der Waals surface area contributed by atoms with Crippen molar-refractivity contribution in [3.63, 3.8) is 0 Å². The van der Waals surface area contributed by atoms with E-state index in [0.29, 0.717) is 5.88 Å². The van der Waals surface area contributed by atoms with Crippen LogP contribution in [0.1, 0.15) is 12.6 Å². The second-order valence-electron chi connectivity index (χ2n) is 3.41. The van der Waals surface area contributed by atoms with Crippen LogP contribution in [0.2, 0.25) is 0 Å². The number of alkyl halides is 1. The smallest absolute Gasteiger partial charge is 0.0894 e. The summed E-state index contributed by atoms with van der Waals surface area (Å²) >= 11 is 5.70. The molecule has 0 aliphatic heterocycles. The van der Waals surface area contributed by atoms with Crippen LogP contribution >= 0.6 is 11.6 Å². The highest BCUT2D eigenvalue weighted by Gasteiger charge is 1.96. The Balaban J connectivity index is 2.47. The van der Waals surface area contributed by atoms with E-state index in [9.17, 15) is 0 Å². The van der Waals surface area contributed by atoms with Crippen molar-refractivity contribution in [2.24, 2.45) is 0 Å². The van der Waals surface area contributed by atoms with Gasteiger partial charge in [-0.2, -0.15) is 0 Å². The van der Waals surface area contributed by atoms with Gasteiger partial charge in [0.2, 0.25) is 0 Å². The summed E-state index contributed by atoms with van der Waals surface area (Å²) in [5.74, 6) is 0.522. The lowest BCUT2D eigenvalue weighted by atomic mass is 10.2. The van der Waals surface area contributed by atoms with Crippen molar-refractivity contribution >= 4 is 28.7 Å². The molecule has 0 unspecified atom stereocenters. The lowest BCUT2D eigenvalue weighted by Crippen LogP contribution is -1.88. The molecule has 0 radical (unpaired) electrons. The topological polar surface area (TPSA) is 25.8 Å².